The summed E-state index contributed by atoms with van der Waals surface area (Å²) in [6.45, 7) is 1.80. The molecule has 1 amide bonds. The first kappa shape index (κ1) is 14.2. The van der Waals surface area contributed by atoms with E-state index in [-0.39, 0.29) is 5.91 Å². The summed E-state index contributed by atoms with van der Waals surface area (Å²) in [4.78, 5) is 14.5. The maximum absolute atomic E-state index is 12.5. The van der Waals surface area contributed by atoms with Gasteiger partial charge in [0, 0.05) is 21.9 Å². The third-order valence-corrected chi connectivity index (χ3v) is 5.48. The highest BCUT2D eigenvalue weighted by atomic mass is 127. The Labute approximate surface area is 127 Å². The fourth-order valence-electron chi connectivity index (χ4n) is 2.31. The number of benzene rings is 1. The van der Waals surface area contributed by atoms with Crippen LogP contribution in [-0.4, -0.2) is 35.4 Å². The van der Waals surface area contributed by atoms with Crippen LogP contribution in [0.4, 0.5) is 0 Å². The second kappa shape index (κ2) is 6.80. The van der Waals surface area contributed by atoms with Crippen LogP contribution in [0.3, 0.4) is 0 Å². The minimum absolute atomic E-state index is 0.196. The molecule has 0 bridgehead atoms. The normalized spacial score (nSPS) is 20.6. The predicted octanol–water partition coefficient (Wildman–Crippen LogP) is 3.65. The Morgan fingerprint density at radius 2 is 2.11 bits per heavy atom. The van der Waals surface area contributed by atoms with E-state index < -0.39 is 0 Å². The van der Waals surface area contributed by atoms with E-state index in [1.165, 1.54) is 6.42 Å². The van der Waals surface area contributed by atoms with E-state index in [2.05, 4.69) is 28.8 Å². The van der Waals surface area contributed by atoms with Gasteiger partial charge < -0.3 is 4.90 Å². The first-order chi connectivity index (χ1) is 8.72. The Morgan fingerprint density at radius 1 is 1.33 bits per heavy atom. The summed E-state index contributed by atoms with van der Waals surface area (Å²) < 4.78 is 1.05. The summed E-state index contributed by atoms with van der Waals surface area (Å²) in [6, 6.07) is 7.85. The van der Waals surface area contributed by atoms with E-state index >= 15 is 0 Å². The summed E-state index contributed by atoms with van der Waals surface area (Å²) >= 11 is 4.17. The molecule has 1 unspecified atom stereocenters. The number of carbonyl (C=O) groups is 1. The summed E-state index contributed by atoms with van der Waals surface area (Å²) in [5, 5.41) is 0.720. The Hall–Kier alpha value is -0.230. The third kappa shape index (κ3) is 3.41. The van der Waals surface area contributed by atoms with E-state index in [0.29, 0.717) is 0 Å². The first-order valence-electron chi connectivity index (χ1n) is 6.29. The lowest BCUT2D eigenvalue weighted by atomic mass is 10.2. The minimum atomic E-state index is 0.196. The van der Waals surface area contributed by atoms with Crippen LogP contribution in [0.5, 0.6) is 0 Å². The molecular formula is C14H18INOS. The molecule has 1 aliphatic heterocycles. The van der Waals surface area contributed by atoms with Crippen molar-refractivity contribution in [1.82, 2.24) is 4.90 Å². The third-order valence-electron chi connectivity index (χ3n) is 3.40. The van der Waals surface area contributed by atoms with E-state index in [9.17, 15) is 4.79 Å². The van der Waals surface area contributed by atoms with Crippen molar-refractivity contribution in [2.75, 3.05) is 19.3 Å². The maximum atomic E-state index is 12.5. The Kier molecular flexibility index (Phi) is 5.36. The molecule has 1 atom stereocenters. The van der Waals surface area contributed by atoms with Crippen LogP contribution in [0.25, 0.3) is 0 Å². The molecular weight excluding hydrogens is 357 g/mol. The average molecular weight is 375 g/mol. The Balaban J connectivity index is 2.08. The van der Waals surface area contributed by atoms with Crippen LogP contribution in [-0.2, 0) is 0 Å². The predicted molar refractivity (Wildman–Crippen MR) is 86.2 cm³/mol. The SMILES string of the molecule is CSC1CCCN(C(=O)c2ccccc2I)CC1. The number of amides is 1. The number of rotatable bonds is 2. The Bertz CT molecular complexity index is 424. The number of hydrogen-bond donors (Lipinski definition) is 0. The van der Waals surface area contributed by atoms with Gasteiger partial charge in [0.2, 0.25) is 0 Å². The molecule has 1 heterocycles. The molecule has 0 radical (unpaired) electrons. The second-order valence-electron chi connectivity index (χ2n) is 4.56. The number of carbonyl (C=O) groups excluding carboxylic acids is 1. The van der Waals surface area contributed by atoms with Gasteiger partial charge in [0.05, 0.1) is 5.56 Å². The van der Waals surface area contributed by atoms with Gasteiger partial charge in [0.25, 0.3) is 5.91 Å². The van der Waals surface area contributed by atoms with Crippen molar-refractivity contribution in [3.8, 4) is 0 Å². The van der Waals surface area contributed by atoms with E-state index in [0.717, 1.165) is 40.3 Å². The number of hydrogen-bond acceptors (Lipinski definition) is 2. The van der Waals surface area contributed by atoms with Crippen LogP contribution in [0.2, 0.25) is 0 Å². The molecule has 0 N–H and O–H groups in total. The van der Waals surface area contributed by atoms with Gasteiger partial charge >= 0.3 is 0 Å². The quantitative estimate of drug-likeness (QED) is 0.736. The number of likely N-dealkylation sites (tertiary alicyclic amines) is 1. The zero-order valence-electron chi connectivity index (χ0n) is 10.6. The molecule has 1 aliphatic rings. The highest BCUT2D eigenvalue weighted by molar-refractivity contribution is 14.1. The molecule has 1 aromatic carbocycles. The van der Waals surface area contributed by atoms with E-state index in [1.54, 1.807) is 0 Å². The van der Waals surface area contributed by atoms with Gasteiger partial charge in [-0.15, -0.1) is 0 Å². The Morgan fingerprint density at radius 3 is 2.83 bits per heavy atom. The van der Waals surface area contributed by atoms with Gasteiger partial charge in [0.1, 0.15) is 0 Å². The van der Waals surface area contributed by atoms with Gasteiger partial charge in [-0.2, -0.15) is 11.8 Å². The van der Waals surface area contributed by atoms with E-state index in [1.807, 2.05) is 40.9 Å². The molecule has 18 heavy (non-hydrogen) atoms. The van der Waals surface area contributed by atoms with Gasteiger partial charge in [-0.25, -0.2) is 0 Å². The van der Waals surface area contributed by atoms with Crippen LogP contribution in [0, 0.1) is 3.57 Å². The summed E-state index contributed by atoms with van der Waals surface area (Å²) in [5.41, 5.74) is 0.848. The molecule has 0 spiro atoms. The first-order valence-corrected chi connectivity index (χ1v) is 8.65. The zero-order chi connectivity index (χ0) is 13.0. The number of thioether (sulfide) groups is 1. The van der Waals surface area contributed by atoms with Gasteiger partial charge in [-0.05, 0) is 60.2 Å². The van der Waals surface area contributed by atoms with Gasteiger partial charge in [0.15, 0.2) is 0 Å². The minimum Gasteiger partial charge on any atom is -0.339 e. The molecule has 4 heteroatoms. The molecule has 2 nitrogen and oxygen atoms in total. The molecule has 1 aromatic rings. The lowest BCUT2D eigenvalue weighted by Crippen LogP contribution is -2.32. The maximum Gasteiger partial charge on any atom is 0.254 e. The van der Waals surface area contributed by atoms with Crippen LogP contribution < -0.4 is 0 Å². The van der Waals surface area contributed by atoms with Gasteiger partial charge in [-0.3, -0.25) is 4.79 Å². The number of halogens is 1. The van der Waals surface area contributed by atoms with Crippen molar-refractivity contribution in [2.24, 2.45) is 0 Å². The summed E-state index contributed by atoms with van der Waals surface area (Å²) in [6.07, 6.45) is 5.65. The molecule has 2 rings (SSSR count). The van der Waals surface area contributed by atoms with Crippen molar-refractivity contribution in [2.45, 2.75) is 24.5 Å². The van der Waals surface area contributed by atoms with Crippen molar-refractivity contribution in [3.63, 3.8) is 0 Å². The highest BCUT2D eigenvalue weighted by Crippen LogP contribution is 2.23. The molecule has 0 aliphatic carbocycles. The zero-order valence-corrected chi connectivity index (χ0v) is 13.5. The highest BCUT2D eigenvalue weighted by Gasteiger charge is 2.22. The molecule has 1 fully saturated rings. The lowest BCUT2D eigenvalue weighted by Gasteiger charge is -2.21. The fourth-order valence-corrected chi connectivity index (χ4v) is 3.67. The van der Waals surface area contributed by atoms with Crippen LogP contribution >= 0.6 is 34.4 Å². The van der Waals surface area contributed by atoms with Gasteiger partial charge in [-0.1, -0.05) is 12.1 Å². The molecule has 0 saturated carbocycles. The van der Waals surface area contributed by atoms with Crippen molar-refractivity contribution < 1.29 is 4.79 Å². The average Bonchev–Trinajstić information content (AvgIpc) is 2.63. The monoisotopic (exact) mass is 375 g/mol. The van der Waals surface area contributed by atoms with Crippen LogP contribution in [0.15, 0.2) is 24.3 Å². The second-order valence-corrected chi connectivity index (χ2v) is 6.86. The summed E-state index contributed by atoms with van der Waals surface area (Å²) in [5.74, 6) is 0.196. The molecule has 0 aromatic heterocycles. The standard InChI is InChI=1S/C14H18INOS/c1-18-11-5-4-9-16(10-8-11)14(17)12-6-2-3-7-13(12)15/h2-3,6-7,11H,4-5,8-10H2,1H3. The van der Waals surface area contributed by atoms with Crippen molar-refractivity contribution in [1.29, 1.82) is 0 Å². The van der Waals surface area contributed by atoms with E-state index in [4.69, 9.17) is 0 Å². The van der Waals surface area contributed by atoms with Crippen molar-refractivity contribution in [3.05, 3.63) is 33.4 Å². The smallest absolute Gasteiger partial charge is 0.254 e. The molecule has 98 valence electrons. The fraction of sp³-hybridized carbons (Fsp3) is 0.500. The largest absolute Gasteiger partial charge is 0.339 e. The lowest BCUT2D eigenvalue weighted by molar-refractivity contribution is 0.0761. The number of nitrogens with zero attached hydrogens (tertiary/aromatic N) is 1. The topological polar surface area (TPSA) is 20.3 Å². The molecule has 1 saturated heterocycles. The van der Waals surface area contributed by atoms with Crippen molar-refractivity contribution >= 4 is 40.3 Å². The van der Waals surface area contributed by atoms with Crippen LogP contribution in [0.1, 0.15) is 29.6 Å². The summed E-state index contributed by atoms with van der Waals surface area (Å²) in [7, 11) is 0.